The minimum atomic E-state index is 0.278. The summed E-state index contributed by atoms with van der Waals surface area (Å²) in [5.41, 5.74) is 2.27. The van der Waals surface area contributed by atoms with E-state index in [4.69, 9.17) is 14.2 Å². The average molecular weight is 316 g/mol. The number of benzene rings is 2. The Morgan fingerprint density at radius 2 is 1.39 bits per heavy atom. The Hall–Kier alpha value is -2.36. The van der Waals surface area contributed by atoms with Crippen LogP contribution in [0.4, 0.5) is 0 Å². The number of aryl methyl sites for hydroxylation is 2. The first-order valence-corrected chi connectivity index (χ1v) is 7.74. The zero-order valence-electron chi connectivity index (χ0n) is 14.0. The lowest BCUT2D eigenvalue weighted by atomic mass is 10.0. The topological polar surface area (TPSA) is 47.9 Å². The van der Waals surface area contributed by atoms with Crippen molar-refractivity contribution in [1.29, 1.82) is 0 Å². The lowest BCUT2D eigenvalue weighted by Crippen LogP contribution is -1.95. The minimum absolute atomic E-state index is 0.278. The van der Waals surface area contributed by atoms with Crippen molar-refractivity contribution >= 4 is 0 Å². The van der Waals surface area contributed by atoms with Crippen LogP contribution in [0.3, 0.4) is 0 Å². The van der Waals surface area contributed by atoms with Crippen LogP contribution in [0, 0.1) is 0 Å². The van der Waals surface area contributed by atoms with Gasteiger partial charge in [0, 0.05) is 0 Å². The molecule has 2 aromatic rings. The Morgan fingerprint density at radius 1 is 0.739 bits per heavy atom. The molecule has 0 aliphatic heterocycles. The second-order valence-corrected chi connectivity index (χ2v) is 5.39. The minimum Gasteiger partial charge on any atom is -0.508 e. The second kappa shape index (κ2) is 8.32. The van der Waals surface area contributed by atoms with Gasteiger partial charge in [-0.15, -0.1) is 0 Å². The molecule has 0 heterocycles. The van der Waals surface area contributed by atoms with Crippen molar-refractivity contribution in [2.75, 3.05) is 21.3 Å². The fraction of sp³-hybridized carbons (Fsp3) is 0.368. The number of phenols is 1. The molecule has 0 aliphatic carbocycles. The van der Waals surface area contributed by atoms with E-state index in [0.29, 0.717) is 0 Å². The molecule has 1 N–H and O–H groups in total. The quantitative estimate of drug-likeness (QED) is 0.748. The molecule has 0 aliphatic rings. The second-order valence-electron chi connectivity index (χ2n) is 5.39. The number of aromatic hydroxyl groups is 1. The van der Waals surface area contributed by atoms with E-state index in [1.165, 1.54) is 5.56 Å². The molecular formula is C19H24O4. The van der Waals surface area contributed by atoms with Gasteiger partial charge in [0.25, 0.3) is 0 Å². The van der Waals surface area contributed by atoms with Crippen LogP contribution in [0.5, 0.6) is 23.0 Å². The summed E-state index contributed by atoms with van der Waals surface area (Å²) in [6, 6.07) is 11.2. The number of hydrogen-bond acceptors (Lipinski definition) is 4. The molecule has 0 fully saturated rings. The standard InChI is InChI=1S/C19H24O4/c1-21-17-11-9-16(20)13-15(17)7-5-4-6-14-8-10-18(22-2)19(12-14)23-3/h8-13,20H,4-7H2,1-3H3. The zero-order valence-corrected chi connectivity index (χ0v) is 14.0. The van der Waals surface area contributed by atoms with Crippen molar-refractivity contribution in [3.8, 4) is 23.0 Å². The predicted octanol–water partition coefficient (Wildman–Crippen LogP) is 3.98. The smallest absolute Gasteiger partial charge is 0.160 e. The number of unbranched alkanes of at least 4 members (excludes halogenated alkanes) is 1. The first-order valence-electron chi connectivity index (χ1n) is 7.74. The Kier molecular flexibility index (Phi) is 6.15. The van der Waals surface area contributed by atoms with Crippen molar-refractivity contribution < 1.29 is 19.3 Å². The molecule has 23 heavy (non-hydrogen) atoms. The van der Waals surface area contributed by atoms with Gasteiger partial charge in [-0.2, -0.15) is 0 Å². The van der Waals surface area contributed by atoms with E-state index in [9.17, 15) is 5.11 Å². The molecule has 4 heteroatoms. The summed E-state index contributed by atoms with van der Waals surface area (Å²) in [6.45, 7) is 0. The molecule has 124 valence electrons. The van der Waals surface area contributed by atoms with Crippen molar-refractivity contribution in [2.24, 2.45) is 0 Å². The summed E-state index contributed by atoms with van der Waals surface area (Å²) in [5.74, 6) is 2.62. The number of phenolic OH excluding ortho intramolecular Hbond substituents is 1. The van der Waals surface area contributed by atoms with Gasteiger partial charge >= 0.3 is 0 Å². The van der Waals surface area contributed by atoms with Crippen LogP contribution in [0.2, 0.25) is 0 Å². The molecular weight excluding hydrogens is 292 g/mol. The molecule has 2 aromatic carbocycles. The van der Waals surface area contributed by atoms with Crippen LogP contribution in [0.15, 0.2) is 36.4 Å². The fourth-order valence-corrected chi connectivity index (χ4v) is 2.64. The number of ether oxygens (including phenoxy) is 3. The summed E-state index contributed by atoms with van der Waals surface area (Å²) in [5, 5.41) is 9.59. The highest BCUT2D eigenvalue weighted by Crippen LogP contribution is 2.29. The monoisotopic (exact) mass is 316 g/mol. The van der Waals surface area contributed by atoms with Crippen LogP contribution in [0.25, 0.3) is 0 Å². The van der Waals surface area contributed by atoms with Crippen molar-refractivity contribution in [2.45, 2.75) is 25.7 Å². The first kappa shape index (κ1) is 17.0. The molecule has 0 radical (unpaired) electrons. The molecule has 0 atom stereocenters. The molecule has 0 unspecified atom stereocenters. The van der Waals surface area contributed by atoms with E-state index in [1.54, 1.807) is 39.5 Å². The Bertz CT molecular complexity index is 637. The van der Waals surface area contributed by atoms with Crippen LogP contribution in [-0.2, 0) is 12.8 Å². The predicted molar refractivity (Wildman–Crippen MR) is 90.8 cm³/mol. The van der Waals surface area contributed by atoms with Gasteiger partial charge in [-0.1, -0.05) is 6.07 Å². The number of methoxy groups -OCH3 is 3. The van der Waals surface area contributed by atoms with Gasteiger partial charge in [-0.05, 0) is 67.1 Å². The molecule has 0 saturated heterocycles. The van der Waals surface area contributed by atoms with Crippen molar-refractivity contribution in [3.05, 3.63) is 47.5 Å². The molecule has 2 rings (SSSR count). The maximum absolute atomic E-state index is 9.59. The van der Waals surface area contributed by atoms with E-state index in [1.807, 2.05) is 12.1 Å². The maximum Gasteiger partial charge on any atom is 0.160 e. The van der Waals surface area contributed by atoms with Gasteiger partial charge in [0.2, 0.25) is 0 Å². The average Bonchev–Trinajstić information content (AvgIpc) is 2.58. The Labute approximate surface area is 137 Å². The highest BCUT2D eigenvalue weighted by molar-refractivity contribution is 5.43. The van der Waals surface area contributed by atoms with Crippen LogP contribution < -0.4 is 14.2 Å². The number of hydrogen-bond donors (Lipinski definition) is 1. The summed E-state index contributed by atoms with van der Waals surface area (Å²) in [6.07, 6.45) is 3.93. The third-order valence-corrected chi connectivity index (χ3v) is 3.87. The van der Waals surface area contributed by atoms with E-state index in [-0.39, 0.29) is 5.75 Å². The summed E-state index contributed by atoms with van der Waals surface area (Å²) < 4.78 is 15.9. The fourth-order valence-electron chi connectivity index (χ4n) is 2.64. The lowest BCUT2D eigenvalue weighted by molar-refractivity contribution is 0.354. The van der Waals surface area contributed by atoms with Gasteiger partial charge in [-0.25, -0.2) is 0 Å². The van der Waals surface area contributed by atoms with Gasteiger partial charge in [0.1, 0.15) is 11.5 Å². The van der Waals surface area contributed by atoms with Gasteiger partial charge < -0.3 is 19.3 Å². The SMILES string of the molecule is COc1ccc(O)cc1CCCCc1ccc(OC)c(OC)c1. The molecule has 0 saturated carbocycles. The summed E-state index contributed by atoms with van der Waals surface area (Å²) in [7, 11) is 4.94. The van der Waals surface area contributed by atoms with E-state index in [2.05, 4.69) is 6.07 Å². The molecule has 0 aromatic heterocycles. The third-order valence-electron chi connectivity index (χ3n) is 3.87. The maximum atomic E-state index is 9.59. The van der Waals surface area contributed by atoms with E-state index in [0.717, 1.165) is 48.5 Å². The molecule has 4 nitrogen and oxygen atoms in total. The van der Waals surface area contributed by atoms with E-state index < -0.39 is 0 Å². The zero-order chi connectivity index (χ0) is 16.7. The highest BCUT2D eigenvalue weighted by atomic mass is 16.5. The van der Waals surface area contributed by atoms with Gasteiger partial charge in [0.15, 0.2) is 11.5 Å². The first-order chi connectivity index (χ1) is 11.2. The van der Waals surface area contributed by atoms with Crippen LogP contribution in [0.1, 0.15) is 24.0 Å². The van der Waals surface area contributed by atoms with Gasteiger partial charge in [-0.3, -0.25) is 0 Å². The normalized spacial score (nSPS) is 10.4. The highest BCUT2D eigenvalue weighted by Gasteiger charge is 2.06. The van der Waals surface area contributed by atoms with Gasteiger partial charge in [0.05, 0.1) is 21.3 Å². The Balaban J connectivity index is 1.89. The van der Waals surface area contributed by atoms with Crippen molar-refractivity contribution in [3.63, 3.8) is 0 Å². The summed E-state index contributed by atoms with van der Waals surface area (Å²) in [4.78, 5) is 0. The Morgan fingerprint density at radius 3 is 2.09 bits per heavy atom. The lowest BCUT2D eigenvalue weighted by Gasteiger charge is -2.10. The van der Waals surface area contributed by atoms with Crippen LogP contribution in [-0.4, -0.2) is 26.4 Å². The van der Waals surface area contributed by atoms with Crippen molar-refractivity contribution in [1.82, 2.24) is 0 Å². The largest absolute Gasteiger partial charge is 0.508 e. The molecule has 0 bridgehead atoms. The van der Waals surface area contributed by atoms with Crippen LogP contribution >= 0.6 is 0 Å². The molecule has 0 amide bonds. The third kappa shape index (κ3) is 4.55. The van der Waals surface area contributed by atoms with E-state index >= 15 is 0 Å². The molecule has 0 spiro atoms. The number of rotatable bonds is 8. The summed E-state index contributed by atoms with van der Waals surface area (Å²) >= 11 is 0.